The number of nitrogens with one attached hydrogen (secondary N) is 2. The van der Waals surface area contributed by atoms with Crippen LogP contribution in [0.1, 0.15) is 10.4 Å². The van der Waals surface area contributed by atoms with Gasteiger partial charge in [0, 0.05) is 43.6 Å². The zero-order valence-electron chi connectivity index (χ0n) is 20.7. The van der Waals surface area contributed by atoms with Crippen LogP contribution in [0.4, 0.5) is 14.5 Å². The lowest BCUT2D eigenvalue weighted by Crippen LogP contribution is -2.29. The van der Waals surface area contributed by atoms with Gasteiger partial charge in [-0.05, 0) is 48.5 Å². The number of imidazole rings is 1. The highest BCUT2D eigenvalue weighted by atomic mass is 19.1. The number of nitrogens with zero attached hydrogens (tertiary/aromatic N) is 6. The Morgan fingerprint density at radius 1 is 1.00 bits per heavy atom. The number of aromatic amines is 1. The van der Waals surface area contributed by atoms with Crippen molar-refractivity contribution in [1.29, 1.82) is 0 Å². The number of fused-ring (bicyclic) bond motifs is 1. The second kappa shape index (κ2) is 9.87. The fourth-order valence-electron chi connectivity index (χ4n) is 4.09. The summed E-state index contributed by atoms with van der Waals surface area (Å²) in [5, 5.41) is 14.8. The van der Waals surface area contributed by atoms with Gasteiger partial charge < -0.3 is 19.6 Å². The molecule has 4 aromatic rings. The molecule has 0 bridgehead atoms. The predicted molar refractivity (Wildman–Crippen MR) is 139 cm³/mol. The fourth-order valence-corrected chi connectivity index (χ4v) is 4.09. The molecule has 0 aliphatic carbocycles. The van der Waals surface area contributed by atoms with Crippen molar-refractivity contribution < 1.29 is 18.3 Å². The molecule has 2 aliphatic heterocycles. The number of carbonyl (C=O) groups excluding carboxylic acids is 1. The average molecular weight is 540 g/mol. The van der Waals surface area contributed by atoms with Crippen LogP contribution in [0.3, 0.4) is 0 Å². The van der Waals surface area contributed by atoms with Crippen LogP contribution >= 0.6 is 0 Å². The number of amides is 1. The monoisotopic (exact) mass is 540 g/mol. The second-order valence-electron chi connectivity index (χ2n) is 8.62. The Kier molecular flexibility index (Phi) is 6.07. The van der Waals surface area contributed by atoms with E-state index in [0.29, 0.717) is 28.7 Å². The molecule has 0 saturated heterocycles. The zero-order valence-corrected chi connectivity index (χ0v) is 20.7. The van der Waals surface area contributed by atoms with Gasteiger partial charge in [-0.15, -0.1) is 10.2 Å². The molecule has 40 heavy (non-hydrogen) atoms. The highest BCUT2D eigenvalue weighted by Gasteiger charge is 2.24. The molecule has 2 aromatic heterocycles. The predicted octanol–water partition coefficient (Wildman–Crippen LogP) is 4.18. The van der Waals surface area contributed by atoms with Crippen molar-refractivity contribution in [1.82, 2.24) is 34.5 Å². The number of ether oxygens (including phenoxy) is 1. The highest BCUT2D eigenvalue weighted by Crippen LogP contribution is 2.39. The van der Waals surface area contributed by atoms with Crippen LogP contribution < -0.4 is 15.6 Å². The van der Waals surface area contributed by atoms with Crippen molar-refractivity contribution in [3.05, 3.63) is 107 Å². The third kappa shape index (κ3) is 4.45. The second-order valence-corrected chi connectivity index (χ2v) is 8.62. The van der Waals surface area contributed by atoms with E-state index in [1.54, 1.807) is 29.2 Å². The molecule has 2 aliphatic rings. The first-order chi connectivity index (χ1) is 19.4. The lowest BCUT2D eigenvalue weighted by atomic mass is 10.1. The quantitative estimate of drug-likeness (QED) is 0.324. The smallest absolute Gasteiger partial charge is 0.284 e. The molecule has 4 heterocycles. The first-order valence-corrected chi connectivity index (χ1v) is 11.8. The normalized spacial score (nSPS) is 11.1. The molecule has 6 rings (SSSR count). The fraction of sp³-hybridized carbons (Fsp3) is 0.0370. The lowest BCUT2D eigenvalue weighted by Gasteiger charge is -2.12. The van der Waals surface area contributed by atoms with Gasteiger partial charge in [-0.2, -0.15) is 9.78 Å². The van der Waals surface area contributed by atoms with Crippen LogP contribution in [0.2, 0.25) is 0 Å². The summed E-state index contributed by atoms with van der Waals surface area (Å²) in [4.78, 5) is 33.0. The molecule has 0 fully saturated rings. The van der Waals surface area contributed by atoms with Crippen LogP contribution in [0.15, 0.2) is 84.2 Å². The van der Waals surface area contributed by atoms with Gasteiger partial charge in [0.1, 0.15) is 22.8 Å². The molecule has 0 atom stereocenters. The maximum absolute atomic E-state index is 15.1. The number of hydrogen-bond acceptors (Lipinski definition) is 7. The average Bonchev–Trinajstić information content (AvgIpc) is 3.57. The summed E-state index contributed by atoms with van der Waals surface area (Å²) in [5.41, 5.74) is 0.392. The van der Waals surface area contributed by atoms with Gasteiger partial charge in [-0.1, -0.05) is 0 Å². The van der Waals surface area contributed by atoms with Crippen LogP contribution in [0.25, 0.3) is 28.6 Å². The van der Waals surface area contributed by atoms with Gasteiger partial charge in [-0.3, -0.25) is 9.59 Å². The third-order valence-electron chi connectivity index (χ3n) is 6.03. The molecule has 0 saturated carbocycles. The van der Waals surface area contributed by atoms with E-state index in [-0.39, 0.29) is 22.7 Å². The van der Waals surface area contributed by atoms with Crippen LogP contribution in [0, 0.1) is 11.6 Å². The van der Waals surface area contributed by atoms with E-state index < -0.39 is 23.1 Å². The number of aryl methyl sites for hydroxylation is 1. The molecular formula is C27H18F2N8O3. The van der Waals surface area contributed by atoms with E-state index in [9.17, 15) is 14.0 Å². The number of halogens is 2. The number of pyridine rings is 1. The van der Waals surface area contributed by atoms with Gasteiger partial charge in [0.25, 0.3) is 11.5 Å². The SMILES string of the molecule is Cn1ccnc1-c1nnc2[nH]ccc(Oc3ccc(NC(=O)c4ccnn(-c5ccc(F)cc5)c4=O)cc3F)c1-2. The number of anilines is 1. The summed E-state index contributed by atoms with van der Waals surface area (Å²) >= 11 is 0. The van der Waals surface area contributed by atoms with Gasteiger partial charge >= 0.3 is 0 Å². The Morgan fingerprint density at radius 2 is 1.82 bits per heavy atom. The third-order valence-corrected chi connectivity index (χ3v) is 6.03. The zero-order chi connectivity index (χ0) is 27.8. The molecule has 2 aromatic carbocycles. The number of aromatic nitrogens is 7. The van der Waals surface area contributed by atoms with Crippen molar-refractivity contribution in [3.8, 4) is 40.1 Å². The van der Waals surface area contributed by atoms with Gasteiger partial charge in [0.15, 0.2) is 23.2 Å². The topological polar surface area (TPSA) is 133 Å². The Labute approximate surface area is 224 Å². The first-order valence-electron chi connectivity index (χ1n) is 11.8. The molecule has 198 valence electrons. The van der Waals surface area contributed by atoms with Crippen molar-refractivity contribution in [2.45, 2.75) is 0 Å². The van der Waals surface area contributed by atoms with Crippen molar-refractivity contribution >= 4 is 11.6 Å². The minimum Gasteiger partial charge on any atom is -0.453 e. The molecule has 2 N–H and O–H groups in total. The summed E-state index contributed by atoms with van der Waals surface area (Å²) in [6, 6.07) is 11.8. The Balaban J connectivity index is 1.25. The van der Waals surface area contributed by atoms with Crippen LogP contribution in [-0.4, -0.2) is 40.4 Å². The number of carbonyl (C=O) groups is 1. The minimum atomic E-state index is -0.773. The van der Waals surface area contributed by atoms with Gasteiger partial charge in [0.2, 0.25) is 0 Å². The van der Waals surface area contributed by atoms with Gasteiger partial charge in [-0.25, -0.2) is 13.8 Å². The molecule has 0 spiro atoms. The van der Waals surface area contributed by atoms with E-state index in [0.717, 1.165) is 10.7 Å². The Bertz CT molecular complexity index is 1890. The standard InChI is InChI=1S/C27H18F2N8O3/c1-36-13-12-31-25(36)23-22-21(9-10-30-24(22)35-34-23)40-20-7-4-16(14-19(20)29)33-26(38)18-8-11-32-37(27(18)39)17-5-2-15(28)3-6-17/h2-14H,1H3,(H,33,38)(H,30,34,35). The molecular weight excluding hydrogens is 522 g/mol. The maximum Gasteiger partial charge on any atom is 0.284 e. The van der Waals surface area contributed by atoms with Gasteiger partial charge in [0.05, 0.1) is 11.3 Å². The molecule has 11 nitrogen and oxygen atoms in total. The van der Waals surface area contributed by atoms with E-state index in [1.807, 2.05) is 7.05 Å². The molecule has 0 unspecified atom stereocenters. The number of benzene rings is 2. The van der Waals surface area contributed by atoms with Crippen molar-refractivity contribution in [2.24, 2.45) is 7.05 Å². The first kappa shape index (κ1) is 24.6. The Hall–Kier alpha value is -5.72. The minimum absolute atomic E-state index is 0.0938. The summed E-state index contributed by atoms with van der Waals surface area (Å²) < 4.78 is 37.0. The van der Waals surface area contributed by atoms with E-state index in [2.05, 4.69) is 30.6 Å². The largest absolute Gasteiger partial charge is 0.453 e. The van der Waals surface area contributed by atoms with E-state index in [4.69, 9.17) is 4.74 Å². The van der Waals surface area contributed by atoms with Crippen LogP contribution in [0.5, 0.6) is 11.5 Å². The molecule has 1 amide bonds. The summed E-state index contributed by atoms with van der Waals surface area (Å²) in [6.07, 6.45) is 6.25. The summed E-state index contributed by atoms with van der Waals surface area (Å²) in [7, 11) is 1.81. The maximum atomic E-state index is 15.1. The van der Waals surface area contributed by atoms with Crippen molar-refractivity contribution in [2.75, 3.05) is 5.32 Å². The number of H-pyrrole nitrogens is 1. The lowest BCUT2D eigenvalue weighted by molar-refractivity contribution is 0.102. The molecule has 13 heteroatoms. The van der Waals surface area contributed by atoms with E-state index in [1.165, 1.54) is 48.7 Å². The van der Waals surface area contributed by atoms with E-state index >= 15 is 4.39 Å². The number of rotatable bonds is 6. The number of hydrogen-bond donors (Lipinski definition) is 2. The molecule has 0 radical (unpaired) electrons. The summed E-state index contributed by atoms with van der Waals surface area (Å²) in [5.74, 6) is -0.838. The summed E-state index contributed by atoms with van der Waals surface area (Å²) in [6.45, 7) is 0. The van der Waals surface area contributed by atoms with Crippen molar-refractivity contribution in [3.63, 3.8) is 0 Å². The van der Waals surface area contributed by atoms with Crippen LogP contribution in [-0.2, 0) is 7.05 Å². The Morgan fingerprint density at radius 3 is 2.58 bits per heavy atom. The highest BCUT2D eigenvalue weighted by molar-refractivity contribution is 6.04.